The quantitative estimate of drug-likeness (QED) is 0.502. The van der Waals surface area contributed by atoms with Gasteiger partial charge in [-0.15, -0.1) is 0 Å². The summed E-state index contributed by atoms with van der Waals surface area (Å²) in [7, 11) is 1.60. The van der Waals surface area contributed by atoms with Crippen LogP contribution in [0, 0.1) is 10.8 Å². The molecule has 0 saturated heterocycles. The molecule has 1 aromatic carbocycles. The molecule has 0 unspecified atom stereocenters. The first-order valence-corrected chi connectivity index (χ1v) is 3.83. The molecule has 3 N–H and O–H groups in total. The minimum Gasteiger partial charge on any atom is -0.344 e. The van der Waals surface area contributed by atoms with Crippen molar-refractivity contribution < 1.29 is 9.59 Å². The van der Waals surface area contributed by atoms with Gasteiger partial charge in [-0.3, -0.25) is 9.59 Å². The Balaban J connectivity index is 0.000000617. The molecule has 6 heteroatoms. The number of carbonyl (C=O) groups is 2. The van der Waals surface area contributed by atoms with E-state index in [1.54, 1.807) is 31.3 Å². The molecule has 0 bridgehead atoms. The lowest BCUT2D eigenvalue weighted by Crippen LogP contribution is -2.24. The minimum absolute atomic E-state index is 0. The van der Waals surface area contributed by atoms with Gasteiger partial charge in [-0.2, -0.15) is 0 Å². The van der Waals surface area contributed by atoms with E-state index in [4.69, 9.17) is 10.8 Å². The topological polar surface area (TPSA) is 120 Å². The van der Waals surface area contributed by atoms with Gasteiger partial charge in [-0.25, -0.2) is 0 Å². The Morgan fingerprint density at radius 2 is 1.67 bits per heavy atom. The zero-order chi connectivity index (χ0) is 10.7. The van der Waals surface area contributed by atoms with E-state index in [0.29, 0.717) is 11.3 Å². The predicted octanol–water partition coefficient (Wildman–Crippen LogP) is 1.04. The van der Waals surface area contributed by atoms with Gasteiger partial charge in [0.15, 0.2) is 0 Å². The Morgan fingerprint density at radius 1 is 1.13 bits per heavy atom. The Hall–Kier alpha value is -2.26. The van der Waals surface area contributed by atoms with Crippen LogP contribution in [-0.2, 0) is 4.79 Å². The molecule has 6 nitrogen and oxygen atoms in total. The summed E-state index contributed by atoms with van der Waals surface area (Å²) in [5.41, 5.74) is 1.21. The molecule has 0 radical (unpaired) electrons. The van der Waals surface area contributed by atoms with E-state index < -0.39 is 11.7 Å². The summed E-state index contributed by atoms with van der Waals surface area (Å²) in [5, 5.41) is 12.0. The van der Waals surface area contributed by atoms with Crippen LogP contribution in [0.3, 0.4) is 0 Å². The van der Waals surface area contributed by atoms with Gasteiger partial charge in [-0.1, -0.05) is 12.1 Å². The van der Waals surface area contributed by atoms with E-state index in [1.807, 2.05) is 0 Å². The third kappa shape index (κ3) is 1.82. The lowest BCUT2D eigenvalue weighted by molar-refractivity contribution is -0.114. The molecule has 0 spiro atoms. The number of benzene rings is 1. The average molecular weight is 206 g/mol. The maximum Gasteiger partial charge on any atom is 0.299 e. The third-order valence-electron chi connectivity index (χ3n) is 2.01. The predicted molar refractivity (Wildman–Crippen MR) is 52.7 cm³/mol. The number of hydrogen-bond donors (Lipinski definition) is 1. The Kier molecular flexibility index (Phi) is 4.10. The molecule has 1 aromatic rings. The second kappa shape index (κ2) is 4.83. The largest absolute Gasteiger partial charge is 0.344 e. The van der Waals surface area contributed by atoms with E-state index in [9.17, 15) is 9.59 Å². The summed E-state index contributed by atoms with van der Waals surface area (Å²) in [5.74, 6) is -0.857. The molecule has 15 heavy (non-hydrogen) atoms. The van der Waals surface area contributed by atoms with Crippen molar-refractivity contribution in [2.45, 2.75) is 0 Å². The molecule has 0 aliphatic carbocycles. The number of hydrogen-bond acceptors (Lipinski definition) is 5. The summed E-state index contributed by atoms with van der Waals surface area (Å²) in [6.45, 7) is 0. The standard InChI is InChI=1S/C9H7NO2.N2.H3N/c1-10-7-5-3-2-4-6(7)8(11)9(10)12;1-2;/h2-5H,1H3;;1H3. The first kappa shape index (κ1) is 12.7. The van der Waals surface area contributed by atoms with Crippen LogP contribution < -0.4 is 11.1 Å². The number of ketones is 1. The van der Waals surface area contributed by atoms with Crippen molar-refractivity contribution in [1.29, 1.82) is 10.8 Å². The fraction of sp³-hybridized carbons (Fsp3) is 0.111. The molecular weight excluding hydrogens is 196 g/mol. The number of Topliss-reactive ketones (excluding diaryl/α,β-unsaturated/α-hetero) is 1. The molecule has 2 rings (SSSR count). The number of nitrogens with zero attached hydrogens (tertiary/aromatic N) is 3. The second-order valence-corrected chi connectivity index (χ2v) is 2.71. The van der Waals surface area contributed by atoms with Crippen LogP contribution in [0.2, 0.25) is 0 Å². The summed E-state index contributed by atoms with van der Waals surface area (Å²) < 4.78 is 0. The van der Waals surface area contributed by atoms with E-state index in [1.165, 1.54) is 4.90 Å². The van der Waals surface area contributed by atoms with Crippen molar-refractivity contribution in [1.82, 2.24) is 6.15 Å². The minimum atomic E-state index is -0.448. The van der Waals surface area contributed by atoms with Crippen LogP contribution in [0.1, 0.15) is 10.4 Å². The Morgan fingerprint density at radius 3 is 2.20 bits per heavy atom. The highest BCUT2D eigenvalue weighted by molar-refractivity contribution is 6.52. The average Bonchev–Trinajstić information content (AvgIpc) is 2.48. The zero-order valence-electron chi connectivity index (χ0n) is 8.17. The van der Waals surface area contributed by atoms with Crippen LogP contribution in [0.4, 0.5) is 5.69 Å². The van der Waals surface area contributed by atoms with Gasteiger partial charge < -0.3 is 11.1 Å². The molecule has 0 atom stereocenters. The third-order valence-corrected chi connectivity index (χ3v) is 2.01. The highest BCUT2D eigenvalue weighted by Crippen LogP contribution is 2.26. The van der Waals surface area contributed by atoms with Gasteiger partial charge in [0.2, 0.25) is 0 Å². The maximum absolute atomic E-state index is 11.2. The van der Waals surface area contributed by atoms with Gasteiger partial charge in [0, 0.05) is 17.8 Å². The van der Waals surface area contributed by atoms with Crippen molar-refractivity contribution in [3.63, 3.8) is 0 Å². The molecule has 0 saturated carbocycles. The number of rotatable bonds is 0. The lowest BCUT2D eigenvalue weighted by atomic mass is 10.1. The monoisotopic (exact) mass is 206 g/mol. The van der Waals surface area contributed by atoms with E-state index >= 15 is 0 Å². The van der Waals surface area contributed by atoms with Gasteiger partial charge in [0.05, 0.1) is 11.3 Å². The van der Waals surface area contributed by atoms with Crippen molar-refractivity contribution in [3.05, 3.63) is 29.8 Å². The van der Waals surface area contributed by atoms with Crippen molar-refractivity contribution in [2.24, 2.45) is 0 Å². The van der Waals surface area contributed by atoms with Gasteiger partial charge in [0.25, 0.3) is 11.7 Å². The van der Waals surface area contributed by atoms with Crippen LogP contribution in [0.5, 0.6) is 0 Å². The molecule has 1 heterocycles. The smallest absolute Gasteiger partial charge is 0.299 e. The lowest BCUT2D eigenvalue weighted by Gasteiger charge is -2.06. The number of fused-ring (bicyclic) bond motifs is 1. The molecular formula is C9H10N4O2. The Bertz CT molecular complexity index is 414. The van der Waals surface area contributed by atoms with Gasteiger partial charge >= 0.3 is 0 Å². The van der Waals surface area contributed by atoms with Crippen molar-refractivity contribution in [2.75, 3.05) is 11.9 Å². The number of likely N-dealkylation sites (N-methyl/N-ethyl adjacent to an activating group) is 1. The summed E-state index contributed by atoms with van der Waals surface area (Å²) in [6, 6.07) is 6.99. The second-order valence-electron chi connectivity index (χ2n) is 2.71. The highest BCUT2D eigenvalue weighted by Gasteiger charge is 2.32. The maximum atomic E-state index is 11.2. The van der Waals surface area contributed by atoms with E-state index in [2.05, 4.69) is 0 Å². The number of para-hydroxylation sites is 1. The fourth-order valence-electron chi connectivity index (χ4n) is 1.34. The summed E-state index contributed by atoms with van der Waals surface area (Å²) in [4.78, 5) is 23.7. The molecule has 1 aliphatic rings. The first-order valence-electron chi connectivity index (χ1n) is 3.83. The zero-order valence-corrected chi connectivity index (χ0v) is 8.17. The summed E-state index contributed by atoms with van der Waals surface area (Å²) in [6.07, 6.45) is 0. The van der Waals surface area contributed by atoms with Crippen molar-refractivity contribution in [3.8, 4) is 0 Å². The fourth-order valence-corrected chi connectivity index (χ4v) is 1.34. The number of carbonyl (C=O) groups excluding carboxylic acids is 2. The van der Waals surface area contributed by atoms with Crippen LogP contribution >= 0.6 is 0 Å². The molecule has 0 aromatic heterocycles. The number of amides is 1. The van der Waals surface area contributed by atoms with E-state index in [-0.39, 0.29) is 6.15 Å². The molecule has 78 valence electrons. The van der Waals surface area contributed by atoms with Crippen LogP contribution in [0.15, 0.2) is 24.3 Å². The van der Waals surface area contributed by atoms with Gasteiger partial charge in [-0.05, 0) is 12.1 Å². The SMILES string of the molecule is CN1C(=O)C(=O)c2ccccc21.N.N#N. The van der Waals surface area contributed by atoms with Gasteiger partial charge in [0.1, 0.15) is 0 Å². The first-order chi connectivity index (χ1) is 6.72. The molecule has 1 amide bonds. The van der Waals surface area contributed by atoms with E-state index in [0.717, 1.165) is 0 Å². The van der Waals surface area contributed by atoms with Crippen molar-refractivity contribution >= 4 is 17.4 Å². The summed E-state index contributed by atoms with van der Waals surface area (Å²) >= 11 is 0. The van der Waals surface area contributed by atoms with Crippen LogP contribution in [0.25, 0.3) is 0 Å². The normalized spacial score (nSPS) is 12.3. The highest BCUT2D eigenvalue weighted by atomic mass is 16.2. The van der Waals surface area contributed by atoms with Crippen LogP contribution in [-0.4, -0.2) is 18.7 Å². The Labute approximate surface area is 86.5 Å². The number of anilines is 1. The molecule has 0 fully saturated rings. The molecule has 1 aliphatic heterocycles.